The van der Waals surface area contributed by atoms with Gasteiger partial charge in [0.2, 0.25) is 0 Å². The summed E-state index contributed by atoms with van der Waals surface area (Å²) in [6.07, 6.45) is 8.58. The van der Waals surface area contributed by atoms with E-state index < -0.39 is 0 Å². The van der Waals surface area contributed by atoms with E-state index in [4.69, 9.17) is 0 Å². The van der Waals surface area contributed by atoms with Gasteiger partial charge in [-0.3, -0.25) is 0 Å². The maximum absolute atomic E-state index is 9.35. The number of aliphatic hydroxyl groups is 1. The van der Waals surface area contributed by atoms with Crippen LogP contribution < -0.4 is 5.32 Å². The maximum Gasteiger partial charge on any atom is 0.0613 e. The molecule has 0 unspecified atom stereocenters. The fraction of sp³-hybridized carbons (Fsp3) is 1.00. The fourth-order valence-corrected chi connectivity index (χ4v) is 1.86. The first kappa shape index (κ1) is 14.9. The van der Waals surface area contributed by atoms with Crippen LogP contribution in [0.15, 0.2) is 0 Å². The Hall–Kier alpha value is -0.0800. The van der Waals surface area contributed by atoms with Crippen molar-refractivity contribution in [3.63, 3.8) is 0 Å². The molecular weight excluding hydrogens is 186 g/mol. The predicted molar refractivity (Wildman–Crippen MR) is 67.2 cm³/mol. The molecule has 0 fully saturated rings. The van der Waals surface area contributed by atoms with Crippen LogP contribution in [0.2, 0.25) is 0 Å². The van der Waals surface area contributed by atoms with Gasteiger partial charge in [-0.25, -0.2) is 0 Å². The lowest BCUT2D eigenvalue weighted by molar-refractivity contribution is 0.150. The van der Waals surface area contributed by atoms with Crippen molar-refractivity contribution in [1.82, 2.24) is 5.32 Å². The summed E-state index contributed by atoms with van der Waals surface area (Å²) in [5, 5.41) is 12.9. The molecule has 0 aromatic heterocycles. The molecule has 0 atom stereocenters. The van der Waals surface area contributed by atoms with Gasteiger partial charge in [0.1, 0.15) is 0 Å². The summed E-state index contributed by atoms with van der Waals surface area (Å²) in [5.74, 6) is 0. The van der Waals surface area contributed by atoms with Gasteiger partial charge in [-0.15, -0.1) is 0 Å². The lowest BCUT2D eigenvalue weighted by Crippen LogP contribution is -2.47. The Kier molecular flexibility index (Phi) is 9.12. The van der Waals surface area contributed by atoms with E-state index in [2.05, 4.69) is 26.1 Å². The zero-order valence-electron chi connectivity index (χ0n) is 10.8. The topological polar surface area (TPSA) is 32.3 Å². The minimum Gasteiger partial charge on any atom is -0.394 e. The Morgan fingerprint density at radius 3 is 2.00 bits per heavy atom. The first-order valence-corrected chi connectivity index (χ1v) is 6.60. The first-order valence-electron chi connectivity index (χ1n) is 6.60. The van der Waals surface area contributed by atoms with E-state index in [1.807, 2.05) is 0 Å². The number of hydrogen-bond acceptors (Lipinski definition) is 2. The summed E-state index contributed by atoms with van der Waals surface area (Å²) in [7, 11) is 0. The van der Waals surface area contributed by atoms with E-state index in [0.29, 0.717) is 0 Å². The lowest BCUT2D eigenvalue weighted by Gasteiger charge is -2.31. The van der Waals surface area contributed by atoms with Crippen LogP contribution in [0.1, 0.15) is 65.7 Å². The van der Waals surface area contributed by atoms with E-state index >= 15 is 0 Å². The molecule has 15 heavy (non-hydrogen) atoms. The minimum atomic E-state index is -0.0231. The molecule has 0 rings (SSSR count). The first-order chi connectivity index (χ1) is 7.24. The normalized spacial score (nSPS) is 12.0. The summed E-state index contributed by atoms with van der Waals surface area (Å²) >= 11 is 0. The molecule has 0 radical (unpaired) electrons. The zero-order chi connectivity index (χ0) is 11.6. The summed E-state index contributed by atoms with van der Waals surface area (Å²) in [6.45, 7) is 7.83. The van der Waals surface area contributed by atoms with Crippen molar-refractivity contribution in [1.29, 1.82) is 0 Å². The molecular formula is C13H29NO. The Bertz CT molecular complexity index is 124. The molecule has 0 saturated heterocycles. The van der Waals surface area contributed by atoms with Crippen LogP contribution >= 0.6 is 0 Å². The van der Waals surface area contributed by atoms with Crippen LogP contribution in [0.25, 0.3) is 0 Å². The Morgan fingerprint density at radius 2 is 1.53 bits per heavy atom. The molecule has 0 spiro atoms. The molecule has 0 aromatic rings. The quantitative estimate of drug-likeness (QED) is 0.549. The van der Waals surface area contributed by atoms with E-state index in [1.165, 1.54) is 32.1 Å². The molecule has 0 bridgehead atoms. The summed E-state index contributed by atoms with van der Waals surface area (Å²) in [5.41, 5.74) is -0.0231. The van der Waals surface area contributed by atoms with E-state index in [0.717, 1.165) is 19.4 Å². The van der Waals surface area contributed by atoms with Gasteiger partial charge < -0.3 is 10.4 Å². The third-order valence-electron chi connectivity index (χ3n) is 3.44. The number of aliphatic hydroxyl groups excluding tert-OH is 1. The highest BCUT2D eigenvalue weighted by Gasteiger charge is 2.23. The molecule has 92 valence electrons. The average molecular weight is 215 g/mol. The molecule has 2 N–H and O–H groups in total. The largest absolute Gasteiger partial charge is 0.394 e. The molecule has 0 aromatic carbocycles. The van der Waals surface area contributed by atoms with Crippen molar-refractivity contribution >= 4 is 0 Å². The molecule has 0 amide bonds. The Balaban J connectivity index is 3.54. The highest BCUT2D eigenvalue weighted by atomic mass is 16.3. The number of hydrogen-bond donors (Lipinski definition) is 2. The fourth-order valence-electron chi connectivity index (χ4n) is 1.86. The number of unbranched alkanes of at least 4 members (excludes halogenated alkanes) is 4. The molecule has 0 heterocycles. The maximum atomic E-state index is 9.35. The monoisotopic (exact) mass is 215 g/mol. The Labute approximate surface area is 95.5 Å². The van der Waals surface area contributed by atoms with Crippen LogP contribution in [0, 0.1) is 0 Å². The summed E-state index contributed by atoms with van der Waals surface area (Å²) < 4.78 is 0. The second-order valence-electron chi connectivity index (χ2n) is 4.49. The minimum absolute atomic E-state index is 0.0231. The van der Waals surface area contributed by atoms with Gasteiger partial charge >= 0.3 is 0 Å². The third-order valence-corrected chi connectivity index (χ3v) is 3.44. The van der Waals surface area contributed by atoms with Crippen molar-refractivity contribution in [2.45, 2.75) is 71.3 Å². The van der Waals surface area contributed by atoms with Crippen LogP contribution in [-0.2, 0) is 0 Å². The molecule has 0 aliphatic carbocycles. The van der Waals surface area contributed by atoms with Crippen molar-refractivity contribution < 1.29 is 5.11 Å². The summed E-state index contributed by atoms with van der Waals surface area (Å²) in [6, 6.07) is 0. The summed E-state index contributed by atoms with van der Waals surface area (Å²) in [4.78, 5) is 0. The van der Waals surface area contributed by atoms with Gasteiger partial charge in [-0.1, -0.05) is 46.5 Å². The molecule has 2 heteroatoms. The molecule has 0 aliphatic heterocycles. The Morgan fingerprint density at radius 1 is 0.933 bits per heavy atom. The van der Waals surface area contributed by atoms with Gasteiger partial charge in [0.05, 0.1) is 6.61 Å². The molecule has 0 aliphatic rings. The number of rotatable bonds is 10. The van der Waals surface area contributed by atoms with E-state index in [-0.39, 0.29) is 12.1 Å². The highest BCUT2D eigenvalue weighted by Crippen LogP contribution is 2.14. The molecule has 0 saturated carbocycles. The lowest BCUT2D eigenvalue weighted by atomic mass is 9.93. The average Bonchev–Trinajstić information content (AvgIpc) is 2.29. The van der Waals surface area contributed by atoms with Gasteiger partial charge in [0.15, 0.2) is 0 Å². The van der Waals surface area contributed by atoms with Gasteiger partial charge in [-0.05, 0) is 25.8 Å². The second kappa shape index (κ2) is 9.17. The third kappa shape index (κ3) is 6.16. The van der Waals surface area contributed by atoms with Crippen LogP contribution in [-0.4, -0.2) is 23.8 Å². The van der Waals surface area contributed by atoms with Crippen molar-refractivity contribution in [2.24, 2.45) is 0 Å². The van der Waals surface area contributed by atoms with Gasteiger partial charge in [-0.2, -0.15) is 0 Å². The smallest absolute Gasteiger partial charge is 0.0613 e. The van der Waals surface area contributed by atoms with Crippen molar-refractivity contribution in [3.05, 3.63) is 0 Å². The van der Waals surface area contributed by atoms with Gasteiger partial charge in [0.25, 0.3) is 0 Å². The van der Waals surface area contributed by atoms with Crippen molar-refractivity contribution in [2.75, 3.05) is 13.2 Å². The second-order valence-corrected chi connectivity index (χ2v) is 4.49. The standard InChI is InChI=1S/C13H29NO/c1-4-7-8-9-10-11-14-13(5-2,6-3)12-15/h14-15H,4-12H2,1-3H3. The molecule has 2 nitrogen and oxygen atoms in total. The number of nitrogens with one attached hydrogen (secondary N) is 1. The van der Waals surface area contributed by atoms with Crippen LogP contribution in [0.5, 0.6) is 0 Å². The van der Waals surface area contributed by atoms with Crippen LogP contribution in [0.3, 0.4) is 0 Å². The zero-order valence-corrected chi connectivity index (χ0v) is 10.8. The van der Waals surface area contributed by atoms with E-state index in [1.54, 1.807) is 0 Å². The predicted octanol–water partition coefficient (Wildman–Crippen LogP) is 3.10. The highest BCUT2D eigenvalue weighted by molar-refractivity contribution is 4.84. The van der Waals surface area contributed by atoms with E-state index in [9.17, 15) is 5.11 Å². The van der Waals surface area contributed by atoms with Gasteiger partial charge in [0, 0.05) is 5.54 Å². The van der Waals surface area contributed by atoms with Crippen LogP contribution in [0.4, 0.5) is 0 Å². The SMILES string of the molecule is CCCCCCCNC(CC)(CC)CO. The van der Waals surface area contributed by atoms with Crippen molar-refractivity contribution in [3.8, 4) is 0 Å².